The van der Waals surface area contributed by atoms with Gasteiger partial charge in [0.2, 0.25) is 0 Å². The standard InChI is InChI=1S/C13H28N2O/c1-11(2)13(9-14-3)16-10-12-7-5-6-8-15(12)4/h11-14H,5-10H2,1-4H3. The molecule has 0 aromatic carbocycles. The van der Waals surface area contributed by atoms with E-state index in [0.29, 0.717) is 18.1 Å². The first-order valence-electron chi connectivity index (χ1n) is 6.61. The van der Waals surface area contributed by atoms with Crippen LogP contribution in [0.2, 0.25) is 0 Å². The van der Waals surface area contributed by atoms with Gasteiger partial charge < -0.3 is 15.0 Å². The molecule has 1 N–H and O–H groups in total. The van der Waals surface area contributed by atoms with Gasteiger partial charge in [0.1, 0.15) is 0 Å². The van der Waals surface area contributed by atoms with Crippen molar-refractivity contribution in [3.63, 3.8) is 0 Å². The van der Waals surface area contributed by atoms with Crippen LogP contribution in [0.1, 0.15) is 33.1 Å². The third-order valence-electron chi connectivity index (χ3n) is 3.57. The molecule has 0 radical (unpaired) electrons. The van der Waals surface area contributed by atoms with Crippen molar-refractivity contribution in [1.29, 1.82) is 0 Å². The van der Waals surface area contributed by atoms with Crippen LogP contribution in [0.4, 0.5) is 0 Å². The lowest BCUT2D eigenvalue weighted by Gasteiger charge is -2.34. The number of nitrogens with one attached hydrogen (secondary N) is 1. The van der Waals surface area contributed by atoms with Crippen molar-refractivity contribution in [1.82, 2.24) is 10.2 Å². The van der Waals surface area contributed by atoms with E-state index >= 15 is 0 Å². The number of rotatable bonds is 6. The van der Waals surface area contributed by atoms with Crippen LogP contribution in [0, 0.1) is 5.92 Å². The fourth-order valence-corrected chi connectivity index (χ4v) is 2.28. The second-order valence-electron chi connectivity index (χ2n) is 5.30. The third-order valence-corrected chi connectivity index (χ3v) is 3.57. The van der Waals surface area contributed by atoms with Crippen LogP contribution in [-0.2, 0) is 4.74 Å². The Kier molecular flexibility index (Phi) is 6.32. The molecule has 0 aromatic heterocycles. The van der Waals surface area contributed by atoms with Gasteiger partial charge in [-0.3, -0.25) is 0 Å². The van der Waals surface area contributed by atoms with Gasteiger partial charge in [0.05, 0.1) is 12.7 Å². The van der Waals surface area contributed by atoms with Crippen LogP contribution in [0.3, 0.4) is 0 Å². The lowest BCUT2D eigenvalue weighted by Crippen LogP contribution is -2.42. The second kappa shape index (κ2) is 7.25. The lowest BCUT2D eigenvalue weighted by molar-refractivity contribution is -0.0154. The Hall–Kier alpha value is -0.120. The summed E-state index contributed by atoms with van der Waals surface area (Å²) in [7, 11) is 4.21. The highest BCUT2D eigenvalue weighted by atomic mass is 16.5. The average molecular weight is 228 g/mol. The van der Waals surface area contributed by atoms with Crippen LogP contribution in [0.15, 0.2) is 0 Å². The van der Waals surface area contributed by atoms with E-state index in [4.69, 9.17) is 4.74 Å². The Morgan fingerprint density at radius 2 is 2.12 bits per heavy atom. The van der Waals surface area contributed by atoms with Crippen LogP contribution in [0.25, 0.3) is 0 Å². The van der Waals surface area contributed by atoms with Crippen molar-refractivity contribution in [3.05, 3.63) is 0 Å². The first-order valence-corrected chi connectivity index (χ1v) is 6.61. The molecule has 1 heterocycles. The fourth-order valence-electron chi connectivity index (χ4n) is 2.28. The van der Waals surface area contributed by atoms with Crippen molar-refractivity contribution >= 4 is 0 Å². The molecular formula is C13H28N2O. The Labute approximate surface area is 101 Å². The Morgan fingerprint density at radius 3 is 2.69 bits per heavy atom. The van der Waals surface area contributed by atoms with E-state index in [-0.39, 0.29) is 0 Å². The summed E-state index contributed by atoms with van der Waals surface area (Å²) in [6.07, 6.45) is 4.34. The molecule has 1 saturated heterocycles. The number of hydrogen-bond acceptors (Lipinski definition) is 3. The molecule has 1 rings (SSSR count). The van der Waals surface area contributed by atoms with Gasteiger partial charge in [0, 0.05) is 12.6 Å². The minimum absolute atomic E-state index is 0.348. The summed E-state index contributed by atoms with van der Waals surface area (Å²) in [6.45, 7) is 7.53. The summed E-state index contributed by atoms with van der Waals surface area (Å²) in [6, 6.07) is 0.631. The molecule has 3 heteroatoms. The zero-order valence-corrected chi connectivity index (χ0v) is 11.3. The number of hydrogen-bond donors (Lipinski definition) is 1. The van der Waals surface area contributed by atoms with Gasteiger partial charge in [0.25, 0.3) is 0 Å². The largest absolute Gasteiger partial charge is 0.375 e. The molecule has 1 aliphatic heterocycles. The van der Waals surface area contributed by atoms with Gasteiger partial charge >= 0.3 is 0 Å². The SMILES string of the molecule is CNCC(OCC1CCCCN1C)C(C)C. The molecule has 0 aliphatic carbocycles. The number of piperidine rings is 1. The average Bonchev–Trinajstić information content (AvgIpc) is 2.26. The molecular weight excluding hydrogens is 200 g/mol. The summed E-state index contributed by atoms with van der Waals surface area (Å²) in [5.74, 6) is 0.585. The zero-order chi connectivity index (χ0) is 12.0. The molecule has 0 aromatic rings. The molecule has 2 atom stereocenters. The van der Waals surface area contributed by atoms with Crippen molar-refractivity contribution < 1.29 is 4.74 Å². The van der Waals surface area contributed by atoms with Crippen molar-refractivity contribution in [2.24, 2.45) is 5.92 Å². The highest BCUT2D eigenvalue weighted by Gasteiger charge is 2.21. The Balaban J connectivity index is 2.29. The van der Waals surface area contributed by atoms with Crippen LogP contribution >= 0.6 is 0 Å². The molecule has 0 saturated carbocycles. The number of nitrogens with zero attached hydrogens (tertiary/aromatic N) is 1. The third kappa shape index (κ3) is 4.40. The van der Waals surface area contributed by atoms with E-state index in [9.17, 15) is 0 Å². The van der Waals surface area contributed by atoms with Crippen molar-refractivity contribution in [3.8, 4) is 0 Å². The smallest absolute Gasteiger partial charge is 0.0722 e. The zero-order valence-electron chi connectivity index (χ0n) is 11.3. The van der Waals surface area contributed by atoms with Gasteiger partial charge in [-0.05, 0) is 39.4 Å². The fraction of sp³-hybridized carbons (Fsp3) is 1.00. The molecule has 0 amide bonds. The summed E-state index contributed by atoms with van der Waals surface area (Å²) < 4.78 is 6.05. The van der Waals surface area contributed by atoms with Gasteiger partial charge in [-0.2, -0.15) is 0 Å². The van der Waals surface area contributed by atoms with E-state index in [1.165, 1.54) is 25.8 Å². The minimum Gasteiger partial charge on any atom is -0.375 e. The number of likely N-dealkylation sites (N-methyl/N-ethyl adjacent to an activating group) is 2. The molecule has 0 spiro atoms. The predicted molar refractivity (Wildman–Crippen MR) is 68.8 cm³/mol. The molecule has 2 unspecified atom stereocenters. The molecule has 0 bridgehead atoms. The Morgan fingerprint density at radius 1 is 1.38 bits per heavy atom. The molecule has 1 fully saturated rings. The molecule has 96 valence electrons. The van der Waals surface area contributed by atoms with Gasteiger partial charge in [-0.25, -0.2) is 0 Å². The quantitative estimate of drug-likeness (QED) is 0.749. The summed E-state index contributed by atoms with van der Waals surface area (Å²) >= 11 is 0. The van der Waals surface area contributed by atoms with E-state index in [1.807, 2.05) is 7.05 Å². The highest BCUT2D eigenvalue weighted by molar-refractivity contribution is 4.75. The molecule has 1 aliphatic rings. The lowest BCUT2D eigenvalue weighted by atomic mass is 10.0. The molecule has 16 heavy (non-hydrogen) atoms. The predicted octanol–water partition coefficient (Wildman–Crippen LogP) is 1.73. The maximum Gasteiger partial charge on any atom is 0.0722 e. The van der Waals surface area contributed by atoms with E-state index in [2.05, 4.69) is 31.1 Å². The second-order valence-corrected chi connectivity index (χ2v) is 5.30. The van der Waals surface area contributed by atoms with Crippen molar-refractivity contribution in [2.45, 2.75) is 45.3 Å². The minimum atomic E-state index is 0.348. The first-order chi connectivity index (χ1) is 7.65. The van der Waals surface area contributed by atoms with E-state index in [0.717, 1.165) is 13.2 Å². The summed E-state index contributed by atoms with van der Waals surface area (Å²) in [5.41, 5.74) is 0. The first kappa shape index (κ1) is 13.9. The molecule has 3 nitrogen and oxygen atoms in total. The Bertz CT molecular complexity index is 181. The van der Waals surface area contributed by atoms with Gasteiger partial charge in [0.15, 0.2) is 0 Å². The van der Waals surface area contributed by atoms with Crippen LogP contribution in [0.5, 0.6) is 0 Å². The maximum absolute atomic E-state index is 6.05. The van der Waals surface area contributed by atoms with Crippen LogP contribution in [-0.4, -0.2) is 50.8 Å². The summed E-state index contributed by atoms with van der Waals surface area (Å²) in [5, 5.41) is 3.21. The van der Waals surface area contributed by atoms with Gasteiger partial charge in [-0.1, -0.05) is 20.3 Å². The van der Waals surface area contributed by atoms with Gasteiger partial charge in [-0.15, -0.1) is 0 Å². The number of likely N-dealkylation sites (tertiary alicyclic amines) is 1. The normalized spacial score (nSPS) is 24.9. The number of ether oxygens (including phenoxy) is 1. The monoisotopic (exact) mass is 228 g/mol. The van der Waals surface area contributed by atoms with E-state index in [1.54, 1.807) is 0 Å². The van der Waals surface area contributed by atoms with Crippen molar-refractivity contribution in [2.75, 3.05) is 33.8 Å². The maximum atomic E-state index is 6.05. The van der Waals surface area contributed by atoms with Crippen LogP contribution < -0.4 is 5.32 Å². The van der Waals surface area contributed by atoms with E-state index < -0.39 is 0 Å². The summed E-state index contributed by atoms with van der Waals surface area (Å²) in [4.78, 5) is 2.44. The topological polar surface area (TPSA) is 24.5 Å². The highest BCUT2D eigenvalue weighted by Crippen LogP contribution is 2.16.